The van der Waals surface area contributed by atoms with Gasteiger partial charge in [0.15, 0.2) is 5.75 Å². The van der Waals surface area contributed by atoms with Crippen LogP contribution < -0.4 is 10.5 Å². The third kappa shape index (κ3) is 2.04. The molecule has 0 aromatic heterocycles. The molecule has 2 aromatic carbocycles. The van der Waals surface area contributed by atoms with Crippen molar-refractivity contribution in [3.63, 3.8) is 0 Å². The Morgan fingerprint density at radius 2 is 1.83 bits per heavy atom. The van der Waals surface area contributed by atoms with Crippen molar-refractivity contribution in [2.45, 2.75) is 19.3 Å². The summed E-state index contributed by atoms with van der Waals surface area (Å²) in [4.78, 5) is 0. The van der Waals surface area contributed by atoms with E-state index in [1.807, 2.05) is 12.1 Å². The molecule has 0 bridgehead atoms. The predicted octanol–water partition coefficient (Wildman–Crippen LogP) is 3.69. The van der Waals surface area contributed by atoms with Gasteiger partial charge >= 0.3 is 0 Å². The lowest BCUT2D eigenvalue weighted by Gasteiger charge is -2.11. The van der Waals surface area contributed by atoms with E-state index in [2.05, 4.69) is 0 Å². The molecule has 2 aromatic rings. The van der Waals surface area contributed by atoms with Crippen LogP contribution in [0.2, 0.25) is 0 Å². The fraction of sp³-hybridized carbons (Fsp3) is 0.200. The van der Waals surface area contributed by atoms with Crippen LogP contribution in [0.1, 0.15) is 17.5 Å². The highest BCUT2D eigenvalue weighted by atomic mass is 19.1. The Bertz CT molecular complexity index is 595. The van der Waals surface area contributed by atoms with Crippen LogP contribution in [0.25, 0.3) is 0 Å². The maximum atomic E-state index is 13.1. The van der Waals surface area contributed by atoms with Crippen molar-refractivity contribution in [3.8, 4) is 11.5 Å². The third-order valence-electron chi connectivity index (χ3n) is 3.25. The van der Waals surface area contributed by atoms with Crippen LogP contribution >= 0.6 is 0 Å². The second-order valence-electron chi connectivity index (χ2n) is 4.57. The van der Waals surface area contributed by atoms with Crippen LogP contribution in [0.5, 0.6) is 11.5 Å². The maximum absolute atomic E-state index is 13.1. The molecule has 0 unspecified atom stereocenters. The summed E-state index contributed by atoms with van der Waals surface area (Å²) in [5.74, 6) is 0.771. The lowest BCUT2D eigenvalue weighted by atomic mass is 10.1. The minimum absolute atomic E-state index is 0.313. The van der Waals surface area contributed by atoms with Crippen LogP contribution in [0.4, 0.5) is 10.1 Å². The van der Waals surface area contributed by atoms with Gasteiger partial charge in [0.25, 0.3) is 0 Å². The molecule has 0 atom stereocenters. The lowest BCUT2D eigenvalue weighted by molar-refractivity contribution is 0.478. The zero-order chi connectivity index (χ0) is 12.5. The van der Waals surface area contributed by atoms with Gasteiger partial charge in [-0.2, -0.15) is 0 Å². The molecule has 0 fully saturated rings. The normalized spacial score (nSPS) is 13.4. The quantitative estimate of drug-likeness (QED) is 0.816. The highest BCUT2D eigenvalue weighted by Crippen LogP contribution is 2.34. The predicted molar refractivity (Wildman–Crippen MR) is 69.4 cm³/mol. The van der Waals surface area contributed by atoms with Crippen molar-refractivity contribution in [3.05, 3.63) is 53.3 Å². The zero-order valence-corrected chi connectivity index (χ0v) is 9.95. The second-order valence-corrected chi connectivity index (χ2v) is 4.57. The number of nitrogen functional groups attached to an aromatic ring is 1. The first kappa shape index (κ1) is 11.1. The van der Waals surface area contributed by atoms with E-state index in [1.54, 1.807) is 12.1 Å². The van der Waals surface area contributed by atoms with Gasteiger partial charge < -0.3 is 10.5 Å². The van der Waals surface area contributed by atoms with Gasteiger partial charge in [-0.05, 0) is 54.7 Å². The fourth-order valence-corrected chi connectivity index (χ4v) is 2.37. The number of aryl methyl sites for hydroxylation is 2. The van der Waals surface area contributed by atoms with E-state index in [1.165, 1.54) is 23.3 Å². The Morgan fingerprint density at radius 3 is 2.61 bits per heavy atom. The number of fused-ring (bicyclic) bond motifs is 1. The van der Waals surface area contributed by atoms with E-state index >= 15 is 0 Å². The molecule has 3 rings (SSSR count). The molecule has 0 spiro atoms. The van der Waals surface area contributed by atoms with Gasteiger partial charge in [0.05, 0.1) is 5.69 Å². The topological polar surface area (TPSA) is 35.2 Å². The smallest absolute Gasteiger partial charge is 0.150 e. The molecule has 1 aliphatic rings. The molecule has 18 heavy (non-hydrogen) atoms. The van der Waals surface area contributed by atoms with Gasteiger partial charge in [0, 0.05) is 6.07 Å². The van der Waals surface area contributed by atoms with E-state index in [9.17, 15) is 4.39 Å². The first-order valence-corrected chi connectivity index (χ1v) is 6.07. The van der Waals surface area contributed by atoms with Gasteiger partial charge in [-0.25, -0.2) is 4.39 Å². The first-order valence-electron chi connectivity index (χ1n) is 6.07. The van der Waals surface area contributed by atoms with E-state index in [4.69, 9.17) is 10.5 Å². The summed E-state index contributed by atoms with van der Waals surface area (Å²) in [7, 11) is 0. The minimum Gasteiger partial charge on any atom is -0.455 e. The van der Waals surface area contributed by atoms with Gasteiger partial charge in [-0.1, -0.05) is 6.07 Å². The molecule has 0 saturated carbocycles. The summed E-state index contributed by atoms with van der Waals surface area (Å²) in [6, 6.07) is 10.0. The standard InChI is InChI=1S/C15H14FNO/c16-12-5-2-6-13(9-12)18-15-8-11-4-1-3-10(11)7-14(15)17/h2,5-9H,1,3-4,17H2. The first-order chi connectivity index (χ1) is 8.72. The Kier molecular flexibility index (Phi) is 2.67. The van der Waals surface area contributed by atoms with Crippen molar-refractivity contribution >= 4 is 5.69 Å². The highest BCUT2D eigenvalue weighted by Gasteiger charge is 2.14. The van der Waals surface area contributed by atoms with Crippen LogP contribution in [-0.2, 0) is 12.8 Å². The largest absolute Gasteiger partial charge is 0.455 e. The lowest BCUT2D eigenvalue weighted by Crippen LogP contribution is -1.95. The average molecular weight is 243 g/mol. The number of rotatable bonds is 2. The summed E-state index contributed by atoms with van der Waals surface area (Å²) in [5, 5.41) is 0. The van der Waals surface area contributed by atoms with Crippen LogP contribution in [0, 0.1) is 5.82 Å². The average Bonchev–Trinajstić information content (AvgIpc) is 2.76. The molecule has 0 amide bonds. The van der Waals surface area contributed by atoms with Gasteiger partial charge in [-0.3, -0.25) is 0 Å². The van der Waals surface area contributed by atoms with E-state index in [0.29, 0.717) is 17.2 Å². The molecule has 0 heterocycles. The van der Waals surface area contributed by atoms with Crippen molar-refractivity contribution in [1.29, 1.82) is 0 Å². The number of nitrogens with two attached hydrogens (primary N) is 1. The van der Waals surface area contributed by atoms with Gasteiger partial charge in [-0.15, -0.1) is 0 Å². The third-order valence-corrected chi connectivity index (χ3v) is 3.25. The molecule has 92 valence electrons. The Morgan fingerprint density at radius 1 is 1.06 bits per heavy atom. The Hall–Kier alpha value is -2.03. The number of ether oxygens (including phenoxy) is 1. The Balaban J connectivity index is 1.93. The number of anilines is 1. The SMILES string of the molecule is Nc1cc2c(cc1Oc1cccc(F)c1)CCC2. The molecule has 2 N–H and O–H groups in total. The summed E-state index contributed by atoms with van der Waals surface area (Å²) in [5.41, 5.74) is 9.16. The maximum Gasteiger partial charge on any atom is 0.150 e. The zero-order valence-electron chi connectivity index (χ0n) is 9.95. The molecule has 0 aliphatic heterocycles. The number of hydrogen-bond donors (Lipinski definition) is 1. The molecule has 0 radical (unpaired) electrons. The molecular weight excluding hydrogens is 229 g/mol. The second kappa shape index (κ2) is 4.33. The molecule has 1 aliphatic carbocycles. The summed E-state index contributed by atoms with van der Waals surface area (Å²) >= 11 is 0. The summed E-state index contributed by atoms with van der Waals surface area (Å²) < 4.78 is 18.7. The van der Waals surface area contributed by atoms with Crippen LogP contribution in [0.15, 0.2) is 36.4 Å². The number of benzene rings is 2. The monoisotopic (exact) mass is 243 g/mol. The van der Waals surface area contributed by atoms with E-state index in [-0.39, 0.29) is 5.82 Å². The van der Waals surface area contributed by atoms with Crippen molar-refractivity contribution < 1.29 is 9.13 Å². The van der Waals surface area contributed by atoms with Crippen molar-refractivity contribution in [2.75, 3.05) is 5.73 Å². The van der Waals surface area contributed by atoms with Gasteiger partial charge in [0.1, 0.15) is 11.6 Å². The molecule has 2 nitrogen and oxygen atoms in total. The van der Waals surface area contributed by atoms with Crippen molar-refractivity contribution in [1.82, 2.24) is 0 Å². The van der Waals surface area contributed by atoms with Crippen molar-refractivity contribution in [2.24, 2.45) is 0 Å². The molecule has 3 heteroatoms. The van der Waals surface area contributed by atoms with E-state index < -0.39 is 0 Å². The Labute approximate surface area is 105 Å². The van der Waals surface area contributed by atoms with Crippen LogP contribution in [0.3, 0.4) is 0 Å². The number of halogens is 1. The summed E-state index contributed by atoms with van der Waals surface area (Å²) in [6.45, 7) is 0. The van der Waals surface area contributed by atoms with E-state index in [0.717, 1.165) is 19.3 Å². The van der Waals surface area contributed by atoms with Gasteiger partial charge in [0.2, 0.25) is 0 Å². The minimum atomic E-state index is -0.313. The number of hydrogen-bond acceptors (Lipinski definition) is 2. The van der Waals surface area contributed by atoms with Crippen LogP contribution in [-0.4, -0.2) is 0 Å². The highest BCUT2D eigenvalue weighted by molar-refractivity contribution is 5.59. The fourth-order valence-electron chi connectivity index (χ4n) is 2.37. The summed E-state index contributed by atoms with van der Waals surface area (Å²) in [6.07, 6.45) is 3.31. The molecule has 0 saturated heterocycles. The molecular formula is C15H14FNO.